The summed E-state index contributed by atoms with van der Waals surface area (Å²) in [6.07, 6.45) is 4.23. The van der Waals surface area contributed by atoms with E-state index in [0.29, 0.717) is 5.92 Å². The van der Waals surface area contributed by atoms with E-state index in [2.05, 4.69) is 27.8 Å². The van der Waals surface area contributed by atoms with Gasteiger partial charge in [0.05, 0.1) is 11.4 Å². The Morgan fingerprint density at radius 1 is 1.12 bits per heavy atom. The molecule has 5 nitrogen and oxygen atoms in total. The second kappa shape index (κ2) is 7.11. The molecule has 3 aromatic rings. The van der Waals surface area contributed by atoms with Crippen molar-refractivity contribution in [1.82, 2.24) is 15.0 Å². The van der Waals surface area contributed by atoms with Gasteiger partial charge in [0.1, 0.15) is 6.54 Å². The normalized spacial score (nSPS) is 13.6. The largest absolute Gasteiger partial charge is 0.323 e. The van der Waals surface area contributed by atoms with Crippen LogP contribution in [0.25, 0.3) is 0 Å². The zero-order chi connectivity index (χ0) is 17.1. The van der Waals surface area contributed by atoms with Crippen molar-refractivity contribution < 1.29 is 4.79 Å². The summed E-state index contributed by atoms with van der Waals surface area (Å²) in [5.74, 6) is 0.438. The standard InChI is InChI=1S/C19H18N4OS/c24-19(13-23-12-17(21-22-23)14-10-11-14)20-16-8-4-5-9-18(16)25-15-6-2-1-3-7-15/h1-9,12,14H,10-11,13H2,(H,20,24). The van der Waals surface area contributed by atoms with Crippen LogP contribution in [0, 0.1) is 0 Å². The molecule has 0 saturated heterocycles. The van der Waals surface area contributed by atoms with E-state index in [1.807, 2.05) is 48.7 Å². The highest BCUT2D eigenvalue weighted by molar-refractivity contribution is 7.99. The minimum Gasteiger partial charge on any atom is -0.323 e. The van der Waals surface area contributed by atoms with E-state index in [4.69, 9.17) is 0 Å². The Balaban J connectivity index is 1.43. The highest BCUT2D eigenvalue weighted by atomic mass is 32.2. The van der Waals surface area contributed by atoms with Crippen molar-refractivity contribution in [3.8, 4) is 0 Å². The molecule has 0 bridgehead atoms. The monoisotopic (exact) mass is 350 g/mol. The van der Waals surface area contributed by atoms with Crippen molar-refractivity contribution in [2.45, 2.75) is 35.1 Å². The molecule has 6 heteroatoms. The first kappa shape index (κ1) is 15.9. The Hall–Kier alpha value is -2.60. The topological polar surface area (TPSA) is 59.8 Å². The number of nitrogens with one attached hydrogen (secondary N) is 1. The minimum atomic E-state index is -0.103. The van der Waals surface area contributed by atoms with E-state index < -0.39 is 0 Å². The van der Waals surface area contributed by atoms with E-state index in [0.717, 1.165) is 21.2 Å². The van der Waals surface area contributed by atoms with Gasteiger partial charge >= 0.3 is 0 Å². The number of carbonyl (C=O) groups is 1. The molecule has 1 aliphatic rings. The van der Waals surface area contributed by atoms with E-state index >= 15 is 0 Å². The lowest BCUT2D eigenvalue weighted by Gasteiger charge is -2.10. The number of hydrogen-bond acceptors (Lipinski definition) is 4. The van der Waals surface area contributed by atoms with Gasteiger partial charge in [-0.3, -0.25) is 4.79 Å². The molecule has 25 heavy (non-hydrogen) atoms. The van der Waals surface area contributed by atoms with Gasteiger partial charge in [0.2, 0.25) is 5.91 Å². The molecule has 1 amide bonds. The van der Waals surface area contributed by atoms with Crippen LogP contribution in [-0.2, 0) is 11.3 Å². The van der Waals surface area contributed by atoms with E-state index in [9.17, 15) is 4.79 Å². The van der Waals surface area contributed by atoms with Crippen molar-refractivity contribution in [3.63, 3.8) is 0 Å². The maximum absolute atomic E-state index is 12.4. The third-order valence-corrected chi connectivity index (χ3v) is 5.07. The Labute approximate surface area is 150 Å². The van der Waals surface area contributed by atoms with E-state index in [-0.39, 0.29) is 12.5 Å². The summed E-state index contributed by atoms with van der Waals surface area (Å²) in [5.41, 5.74) is 1.80. The quantitative estimate of drug-likeness (QED) is 0.731. The molecule has 0 spiro atoms. The number of carbonyl (C=O) groups excluding carboxylic acids is 1. The van der Waals surface area contributed by atoms with Crippen LogP contribution in [0.1, 0.15) is 24.5 Å². The average molecular weight is 350 g/mol. The van der Waals surface area contributed by atoms with Gasteiger partial charge in [-0.2, -0.15) is 0 Å². The second-order valence-corrected chi connectivity index (χ2v) is 7.19. The van der Waals surface area contributed by atoms with Crippen molar-refractivity contribution in [1.29, 1.82) is 0 Å². The molecule has 1 saturated carbocycles. The summed E-state index contributed by atoms with van der Waals surface area (Å²) in [5, 5.41) is 11.2. The average Bonchev–Trinajstić information content (AvgIpc) is 3.37. The molecule has 0 unspecified atom stereocenters. The van der Waals surface area contributed by atoms with Gasteiger partial charge in [-0.25, -0.2) is 4.68 Å². The third kappa shape index (κ3) is 4.09. The predicted molar refractivity (Wildman–Crippen MR) is 97.6 cm³/mol. The first-order valence-electron chi connectivity index (χ1n) is 8.30. The van der Waals surface area contributed by atoms with Gasteiger partial charge in [-0.15, -0.1) is 5.10 Å². The van der Waals surface area contributed by atoms with Crippen LogP contribution in [0.5, 0.6) is 0 Å². The lowest BCUT2D eigenvalue weighted by molar-refractivity contribution is -0.116. The predicted octanol–water partition coefficient (Wildman–Crippen LogP) is 3.95. The Kier molecular flexibility index (Phi) is 4.52. The van der Waals surface area contributed by atoms with Gasteiger partial charge < -0.3 is 5.32 Å². The van der Waals surface area contributed by atoms with Gasteiger partial charge in [0.15, 0.2) is 0 Å². The fraction of sp³-hybridized carbons (Fsp3) is 0.211. The molecule has 0 radical (unpaired) electrons. The smallest absolute Gasteiger partial charge is 0.246 e. The van der Waals surface area contributed by atoms with Gasteiger partial charge in [-0.05, 0) is 37.1 Å². The van der Waals surface area contributed by atoms with Crippen LogP contribution in [0.2, 0.25) is 0 Å². The summed E-state index contributed by atoms with van der Waals surface area (Å²) >= 11 is 1.63. The Bertz CT molecular complexity index is 874. The SMILES string of the molecule is O=C(Cn1cc(C2CC2)nn1)Nc1ccccc1Sc1ccccc1. The molecule has 1 aromatic heterocycles. The highest BCUT2D eigenvalue weighted by Crippen LogP contribution is 2.38. The number of benzene rings is 2. The lowest BCUT2D eigenvalue weighted by atomic mass is 10.3. The number of aromatic nitrogens is 3. The zero-order valence-electron chi connectivity index (χ0n) is 13.6. The Morgan fingerprint density at radius 2 is 1.88 bits per heavy atom. The number of para-hydroxylation sites is 1. The van der Waals surface area contributed by atoms with Crippen LogP contribution in [0.3, 0.4) is 0 Å². The highest BCUT2D eigenvalue weighted by Gasteiger charge is 2.26. The van der Waals surface area contributed by atoms with Crippen LogP contribution < -0.4 is 5.32 Å². The Morgan fingerprint density at radius 3 is 2.68 bits per heavy atom. The minimum absolute atomic E-state index is 0.103. The number of hydrogen-bond donors (Lipinski definition) is 1. The maximum atomic E-state index is 12.4. The fourth-order valence-electron chi connectivity index (χ4n) is 2.57. The molecule has 4 rings (SSSR count). The molecule has 2 aromatic carbocycles. The second-order valence-electron chi connectivity index (χ2n) is 6.07. The third-order valence-electron chi connectivity index (χ3n) is 3.99. The molecule has 0 atom stereocenters. The van der Waals surface area contributed by atoms with Crippen LogP contribution in [0.4, 0.5) is 5.69 Å². The number of rotatable bonds is 6. The van der Waals surface area contributed by atoms with Crippen molar-refractivity contribution in [2.75, 3.05) is 5.32 Å². The lowest BCUT2D eigenvalue weighted by Crippen LogP contribution is -2.19. The summed E-state index contributed by atoms with van der Waals surface area (Å²) < 4.78 is 1.61. The molecule has 126 valence electrons. The van der Waals surface area contributed by atoms with Gasteiger partial charge in [0, 0.05) is 21.9 Å². The van der Waals surface area contributed by atoms with Crippen LogP contribution in [-0.4, -0.2) is 20.9 Å². The first-order valence-corrected chi connectivity index (χ1v) is 9.11. The van der Waals surface area contributed by atoms with Gasteiger partial charge in [-0.1, -0.05) is 47.3 Å². The molecule has 0 aliphatic heterocycles. The summed E-state index contributed by atoms with van der Waals surface area (Å²) in [7, 11) is 0. The molecular weight excluding hydrogens is 332 g/mol. The first-order chi connectivity index (χ1) is 12.3. The maximum Gasteiger partial charge on any atom is 0.246 e. The molecule has 1 N–H and O–H groups in total. The molecule has 1 heterocycles. The molecular formula is C19H18N4OS. The number of anilines is 1. The van der Waals surface area contributed by atoms with Crippen LogP contribution in [0.15, 0.2) is 70.6 Å². The summed E-state index contributed by atoms with van der Waals surface area (Å²) in [6.45, 7) is 0.171. The number of nitrogens with zero attached hydrogens (tertiary/aromatic N) is 3. The number of amides is 1. The zero-order valence-corrected chi connectivity index (χ0v) is 14.4. The van der Waals surface area contributed by atoms with Gasteiger partial charge in [0.25, 0.3) is 0 Å². The van der Waals surface area contributed by atoms with E-state index in [1.54, 1.807) is 16.4 Å². The van der Waals surface area contributed by atoms with E-state index in [1.165, 1.54) is 12.8 Å². The van der Waals surface area contributed by atoms with Crippen molar-refractivity contribution in [3.05, 3.63) is 66.5 Å². The summed E-state index contributed by atoms with van der Waals surface area (Å²) in [6, 6.07) is 17.9. The van der Waals surface area contributed by atoms with Crippen molar-refractivity contribution >= 4 is 23.4 Å². The fourth-order valence-corrected chi connectivity index (χ4v) is 3.49. The summed E-state index contributed by atoms with van der Waals surface area (Å²) in [4.78, 5) is 14.5. The van der Waals surface area contributed by atoms with Crippen molar-refractivity contribution in [2.24, 2.45) is 0 Å². The molecule has 1 aliphatic carbocycles. The van der Waals surface area contributed by atoms with Crippen LogP contribution >= 0.6 is 11.8 Å². The molecule has 1 fully saturated rings.